The smallest absolute Gasteiger partial charge is 0.170 e. The predicted octanol–water partition coefficient (Wildman–Crippen LogP) is 2.45. The molecule has 0 saturated carbocycles. The average molecular weight is 227 g/mol. The molecule has 1 unspecified atom stereocenters. The van der Waals surface area contributed by atoms with Gasteiger partial charge in [-0.05, 0) is 18.6 Å². The molecule has 0 radical (unpaired) electrons. The number of fused-ring (bicyclic) bond motifs is 1. The number of nitrogens with zero attached hydrogens (tertiary/aromatic N) is 1. The van der Waals surface area contributed by atoms with Crippen LogP contribution in [0.25, 0.3) is 10.9 Å². The Labute approximate surface area is 99.4 Å². The number of Topliss-reactive ketones (excluding diaryl/α,β-unsaturated/α-hetero) is 1. The first-order valence-corrected chi connectivity index (χ1v) is 5.82. The average Bonchev–Trinajstić information content (AvgIpc) is 2.91. The summed E-state index contributed by atoms with van der Waals surface area (Å²) >= 11 is 0. The molecule has 0 bridgehead atoms. The van der Waals surface area contributed by atoms with Crippen molar-refractivity contribution < 1.29 is 9.53 Å². The quantitative estimate of drug-likeness (QED) is 0.740. The number of ether oxygens (including phenoxy) is 1. The second-order valence-electron chi connectivity index (χ2n) is 4.31. The third-order valence-corrected chi connectivity index (χ3v) is 3.20. The molecule has 2 aromatic rings. The maximum Gasteiger partial charge on any atom is 0.170 e. The first kappa shape index (κ1) is 10.4. The van der Waals surface area contributed by atoms with Gasteiger partial charge in [-0.15, -0.1) is 0 Å². The van der Waals surface area contributed by atoms with Crippen LogP contribution < -0.4 is 0 Å². The number of pyridine rings is 1. The number of ketones is 1. The summed E-state index contributed by atoms with van der Waals surface area (Å²) in [5.74, 6) is 0.161. The van der Waals surface area contributed by atoms with Crippen molar-refractivity contribution >= 4 is 16.7 Å². The largest absolute Gasteiger partial charge is 0.381 e. The van der Waals surface area contributed by atoms with Crippen molar-refractivity contribution in [2.45, 2.75) is 6.42 Å². The van der Waals surface area contributed by atoms with Crippen LogP contribution in [0.1, 0.15) is 16.8 Å². The van der Waals surface area contributed by atoms with E-state index in [0.29, 0.717) is 13.2 Å². The highest BCUT2D eigenvalue weighted by molar-refractivity contribution is 6.07. The molecule has 1 aromatic heterocycles. The minimum Gasteiger partial charge on any atom is -0.381 e. The number of para-hydroxylation sites is 1. The van der Waals surface area contributed by atoms with Crippen molar-refractivity contribution in [3.8, 4) is 0 Å². The molecule has 1 atom stereocenters. The van der Waals surface area contributed by atoms with Crippen LogP contribution in [0.15, 0.2) is 36.5 Å². The molecule has 0 N–H and O–H groups in total. The van der Waals surface area contributed by atoms with Crippen LogP contribution in [0.2, 0.25) is 0 Å². The fourth-order valence-corrected chi connectivity index (χ4v) is 2.26. The minimum absolute atomic E-state index is 0.00241. The van der Waals surface area contributed by atoms with Gasteiger partial charge >= 0.3 is 0 Å². The van der Waals surface area contributed by atoms with Gasteiger partial charge in [0, 0.05) is 29.7 Å². The number of benzene rings is 1. The zero-order valence-corrected chi connectivity index (χ0v) is 9.43. The summed E-state index contributed by atoms with van der Waals surface area (Å²) < 4.78 is 5.27. The van der Waals surface area contributed by atoms with Crippen LogP contribution in [-0.2, 0) is 4.74 Å². The van der Waals surface area contributed by atoms with Crippen molar-refractivity contribution in [2.75, 3.05) is 13.2 Å². The van der Waals surface area contributed by atoms with Crippen molar-refractivity contribution in [1.82, 2.24) is 4.98 Å². The van der Waals surface area contributed by atoms with Gasteiger partial charge in [0.1, 0.15) is 0 Å². The van der Waals surface area contributed by atoms with Crippen molar-refractivity contribution in [2.24, 2.45) is 5.92 Å². The molecular formula is C14H13NO2. The fourth-order valence-electron chi connectivity index (χ4n) is 2.26. The predicted molar refractivity (Wildman–Crippen MR) is 65.0 cm³/mol. The Kier molecular flexibility index (Phi) is 2.61. The molecule has 1 aliphatic rings. The van der Waals surface area contributed by atoms with Gasteiger partial charge in [0.25, 0.3) is 0 Å². The molecule has 1 aromatic carbocycles. The van der Waals surface area contributed by atoms with Crippen LogP contribution in [0.5, 0.6) is 0 Å². The summed E-state index contributed by atoms with van der Waals surface area (Å²) in [6, 6.07) is 9.60. The number of hydrogen-bond donors (Lipinski definition) is 0. The lowest BCUT2D eigenvalue weighted by atomic mass is 9.95. The van der Waals surface area contributed by atoms with Crippen molar-refractivity contribution in [3.63, 3.8) is 0 Å². The Hall–Kier alpha value is -1.74. The Morgan fingerprint density at radius 2 is 2.18 bits per heavy atom. The summed E-state index contributed by atoms with van der Waals surface area (Å²) in [6.07, 6.45) is 2.55. The summed E-state index contributed by atoms with van der Waals surface area (Å²) in [7, 11) is 0. The molecule has 86 valence electrons. The molecule has 3 nitrogen and oxygen atoms in total. The second kappa shape index (κ2) is 4.26. The van der Waals surface area contributed by atoms with E-state index in [0.717, 1.165) is 22.9 Å². The molecule has 1 aliphatic heterocycles. The Bertz CT molecular complexity index is 554. The van der Waals surface area contributed by atoms with Gasteiger partial charge in [0.2, 0.25) is 0 Å². The molecule has 3 heteroatoms. The zero-order valence-electron chi connectivity index (χ0n) is 9.43. The molecule has 3 rings (SSSR count). The summed E-state index contributed by atoms with van der Waals surface area (Å²) in [6.45, 7) is 1.23. The highest BCUT2D eigenvalue weighted by Gasteiger charge is 2.25. The SMILES string of the molecule is O=C(c1cccc2cccnc12)C1CCOC1. The van der Waals surface area contributed by atoms with Crippen LogP contribution >= 0.6 is 0 Å². The molecule has 0 spiro atoms. The molecular weight excluding hydrogens is 214 g/mol. The number of rotatable bonds is 2. The van der Waals surface area contributed by atoms with E-state index in [4.69, 9.17) is 4.74 Å². The van der Waals surface area contributed by atoms with Gasteiger partial charge in [-0.3, -0.25) is 9.78 Å². The maximum atomic E-state index is 12.3. The Morgan fingerprint density at radius 1 is 1.29 bits per heavy atom. The fraction of sp³-hybridized carbons (Fsp3) is 0.286. The standard InChI is InChI=1S/C14H13NO2/c16-14(11-6-8-17-9-11)12-5-1-3-10-4-2-7-15-13(10)12/h1-5,7,11H,6,8-9H2. The first-order chi connectivity index (χ1) is 8.36. The summed E-state index contributed by atoms with van der Waals surface area (Å²) in [4.78, 5) is 16.7. The number of carbonyl (C=O) groups is 1. The first-order valence-electron chi connectivity index (χ1n) is 5.82. The normalized spacial score (nSPS) is 19.6. The van der Waals surface area contributed by atoms with E-state index < -0.39 is 0 Å². The van der Waals surface area contributed by atoms with Gasteiger partial charge in [-0.25, -0.2) is 0 Å². The Balaban J connectivity index is 2.07. The lowest BCUT2D eigenvalue weighted by Crippen LogP contribution is -2.15. The molecule has 1 fully saturated rings. The van der Waals surface area contributed by atoms with Gasteiger partial charge < -0.3 is 4.74 Å². The van der Waals surface area contributed by atoms with Crippen LogP contribution in [0.3, 0.4) is 0 Å². The number of carbonyl (C=O) groups excluding carboxylic acids is 1. The molecule has 0 aliphatic carbocycles. The van der Waals surface area contributed by atoms with Gasteiger partial charge in [0.15, 0.2) is 5.78 Å². The Morgan fingerprint density at radius 3 is 3.00 bits per heavy atom. The van der Waals surface area contributed by atoms with Gasteiger partial charge in [-0.1, -0.05) is 18.2 Å². The van der Waals surface area contributed by atoms with E-state index in [1.807, 2.05) is 30.3 Å². The third-order valence-electron chi connectivity index (χ3n) is 3.20. The van der Waals surface area contributed by atoms with Crippen LogP contribution in [0, 0.1) is 5.92 Å². The van der Waals surface area contributed by atoms with E-state index in [2.05, 4.69) is 4.98 Å². The lowest BCUT2D eigenvalue weighted by molar-refractivity contribution is 0.0902. The number of hydrogen-bond acceptors (Lipinski definition) is 3. The molecule has 0 amide bonds. The maximum absolute atomic E-state index is 12.3. The van der Waals surface area contributed by atoms with E-state index >= 15 is 0 Å². The summed E-state index contributed by atoms with van der Waals surface area (Å²) in [5, 5.41) is 1.01. The summed E-state index contributed by atoms with van der Waals surface area (Å²) in [5.41, 5.74) is 1.52. The van der Waals surface area contributed by atoms with Crippen molar-refractivity contribution in [1.29, 1.82) is 0 Å². The highest BCUT2D eigenvalue weighted by atomic mass is 16.5. The molecule has 1 saturated heterocycles. The van der Waals surface area contributed by atoms with E-state index in [9.17, 15) is 4.79 Å². The monoisotopic (exact) mass is 227 g/mol. The van der Waals surface area contributed by atoms with Gasteiger partial charge in [0.05, 0.1) is 12.1 Å². The van der Waals surface area contributed by atoms with Crippen LogP contribution in [-0.4, -0.2) is 24.0 Å². The third kappa shape index (κ3) is 1.83. The van der Waals surface area contributed by atoms with Crippen molar-refractivity contribution in [3.05, 3.63) is 42.1 Å². The minimum atomic E-state index is 0.00241. The van der Waals surface area contributed by atoms with E-state index in [-0.39, 0.29) is 11.7 Å². The second-order valence-corrected chi connectivity index (χ2v) is 4.31. The topological polar surface area (TPSA) is 39.2 Å². The van der Waals surface area contributed by atoms with Gasteiger partial charge in [-0.2, -0.15) is 0 Å². The highest BCUT2D eigenvalue weighted by Crippen LogP contribution is 2.23. The molecule has 17 heavy (non-hydrogen) atoms. The zero-order chi connectivity index (χ0) is 11.7. The lowest BCUT2D eigenvalue weighted by Gasteiger charge is -2.08. The van der Waals surface area contributed by atoms with Crippen LogP contribution in [0.4, 0.5) is 0 Å². The number of aromatic nitrogens is 1. The van der Waals surface area contributed by atoms with E-state index in [1.54, 1.807) is 6.20 Å². The molecule has 2 heterocycles. The van der Waals surface area contributed by atoms with E-state index in [1.165, 1.54) is 0 Å².